The smallest absolute Gasteiger partial charge is 0.226 e. The van der Waals surface area contributed by atoms with E-state index in [-0.39, 0.29) is 0 Å². The van der Waals surface area contributed by atoms with Gasteiger partial charge in [-0.1, -0.05) is 0 Å². The number of carbonyl (C=O) groups is 2. The van der Waals surface area contributed by atoms with Gasteiger partial charge in [0.25, 0.3) is 0 Å². The van der Waals surface area contributed by atoms with Crippen LogP contribution in [0.4, 0.5) is 0 Å². The van der Waals surface area contributed by atoms with E-state index in [2.05, 4.69) is 9.80 Å². The molecule has 132 valence electrons. The maximum Gasteiger partial charge on any atom is 0.226 e. The summed E-state index contributed by atoms with van der Waals surface area (Å²) in [6.45, 7) is 2.68. The molecule has 2 saturated heterocycles. The Kier molecular flexibility index (Phi) is 3.64. The van der Waals surface area contributed by atoms with Gasteiger partial charge in [-0.3, -0.25) is 9.59 Å². The van der Waals surface area contributed by atoms with E-state index >= 15 is 0 Å². The molecule has 24 heavy (non-hydrogen) atoms. The van der Waals surface area contributed by atoms with Gasteiger partial charge in [-0.25, -0.2) is 0 Å². The molecule has 2 heterocycles. The normalized spacial score (nSPS) is 42.2. The maximum atomic E-state index is 13.2. The van der Waals surface area contributed by atoms with E-state index in [1.54, 1.807) is 0 Å². The fourth-order valence-electron chi connectivity index (χ4n) is 6.99. The maximum absolute atomic E-state index is 13.2. The number of likely N-dealkylation sites (tertiary alicyclic amines) is 2. The average Bonchev–Trinajstić information content (AvgIpc) is 3.00. The summed E-state index contributed by atoms with van der Waals surface area (Å²) in [5.41, 5.74) is 0. The minimum absolute atomic E-state index is 0.334. The molecule has 0 N–H and O–H groups in total. The van der Waals surface area contributed by atoms with Crippen molar-refractivity contribution in [2.75, 3.05) is 19.6 Å². The zero-order valence-corrected chi connectivity index (χ0v) is 14.7. The lowest BCUT2D eigenvalue weighted by atomic mass is 9.51. The van der Waals surface area contributed by atoms with Crippen molar-refractivity contribution in [2.45, 2.75) is 63.8 Å². The van der Waals surface area contributed by atoms with Crippen LogP contribution in [0.25, 0.3) is 0 Å². The second-order valence-electron chi connectivity index (χ2n) is 9.20. The lowest BCUT2D eigenvalue weighted by Crippen LogP contribution is -2.54. The van der Waals surface area contributed by atoms with Crippen LogP contribution in [0.2, 0.25) is 0 Å². The second-order valence-corrected chi connectivity index (χ2v) is 9.20. The van der Waals surface area contributed by atoms with Crippen LogP contribution in [0, 0.1) is 29.6 Å². The molecule has 4 aliphatic carbocycles. The van der Waals surface area contributed by atoms with Gasteiger partial charge in [-0.15, -0.1) is 0 Å². The highest BCUT2D eigenvalue weighted by Crippen LogP contribution is 2.56. The minimum atomic E-state index is 0.334. The van der Waals surface area contributed by atoms with Gasteiger partial charge in [-0.05, 0) is 75.0 Å². The molecular weight excluding hydrogens is 300 g/mol. The Morgan fingerprint density at radius 1 is 0.875 bits per heavy atom. The molecule has 4 bridgehead atoms. The standard InChI is InChI=1S/C20H30N2O2/c23-18-2-1-5-22(18)17-3-6-21(7-4-17)20(24)19-15-9-13-8-14(11-15)12-16(19)10-13/h13-17,19H,1-12H2. The molecule has 0 aromatic heterocycles. The van der Waals surface area contributed by atoms with Crippen LogP contribution >= 0.6 is 0 Å². The van der Waals surface area contributed by atoms with Crippen molar-refractivity contribution in [2.24, 2.45) is 29.6 Å². The highest BCUT2D eigenvalue weighted by Gasteiger charge is 2.51. The van der Waals surface area contributed by atoms with E-state index in [4.69, 9.17) is 0 Å². The molecule has 0 aromatic carbocycles. The van der Waals surface area contributed by atoms with Crippen molar-refractivity contribution in [3.8, 4) is 0 Å². The topological polar surface area (TPSA) is 40.6 Å². The van der Waals surface area contributed by atoms with Gasteiger partial charge in [0, 0.05) is 38.0 Å². The Morgan fingerprint density at radius 3 is 2.04 bits per heavy atom. The molecule has 0 radical (unpaired) electrons. The number of amides is 2. The molecular formula is C20H30N2O2. The third-order valence-electron chi connectivity index (χ3n) is 7.84. The van der Waals surface area contributed by atoms with Crippen LogP contribution in [0.5, 0.6) is 0 Å². The highest BCUT2D eigenvalue weighted by molar-refractivity contribution is 5.80. The number of rotatable bonds is 2. The molecule has 0 atom stereocenters. The number of hydrogen-bond acceptors (Lipinski definition) is 2. The summed E-state index contributed by atoms with van der Waals surface area (Å²) in [5, 5.41) is 0. The summed E-state index contributed by atoms with van der Waals surface area (Å²) < 4.78 is 0. The molecule has 6 rings (SSSR count). The molecule has 4 nitrogen and oxygen atoms in total. The minimum Gasteiger partial charge on any atom is -0.342 e. The monoisotopic (exact) mass is 330 g/mol. The summed E-state index contributed by atoms with van der Waals surface area (Å²) in [5.74, 6) is 4.38. The first-order chi connectivity index (χ1) is 11.7. The zero-order valence-electron chi connectivity index (χ0n) is 14.7. The van der Waals surface area contributed by atoms with Crippen molar-refractivity contribution in [3.05, 3.63) is 0 Å². The SMILES string of the molecule is O=C(C1C2CC3CC(C2)CC1C3)N1CCC(N2CCCC2=O)CC1. The van der Waals surface area contributed by atoms with Crippen LogP contribution in [-0.4, -0.2) is 47.3 Å². The average molecular weight is 330 g/mol. The molecule has 2 aliphatic heterocycles. The van der Waals surface area contributed by atoms with Gasteiger partial charge in [-0.2, -0.15) is 0 Å². The van der Waals surface area contributed by atoms with E-state index in [9.17, 15) is 9.59 Å². The van der Waals surface area contributed by atoms with Crippen molar-refractivity contribution in [3.63, 3.8) is 0 Å². The van der Waals surface area contributed by atoms with E-state index in [0.29, 0.717) is 35.6 Å². The predicted octanol–water partition coefficient (Wildman–Crippen LogP) is 2.67. The lowest BCUT2D eigenvalue weighted by molar-refractivity contribution is -0.150. The largest absolute Gasteiger partial charge is 0.342 e. The first-order valence-electron chi connectivity index (χ1n) is 10.3. The molecule has 4 saturated carbocycles. The number of nitrogens with zero attached hydrogens (tertiary/aromatic N) is 2. The number of hydrogen-bond donors (Lipinski definition) is 0. The first-order valence-corrected chi connectivity index (χ1v) is 10.3. The van der Waals surface area contributed by atoms with Gasteiger partial charge < -0.3 is 9.80 Å². The van der Waals surface area contributed by atoms with Crippen molar-refractivity contribution < 1.29 is 9.59 Å². The Bertz CT molecular complexity index is 510. The number of piperidine rings is 1. The summed E-state index contributed by atoms with van der Waals surface area (Å²) in [7, 11) is 0. The molecule has 2 amide bonds. The van der Waals surface area contributed by atoms with Crippen molar-refractivity contribution in [1.82, 2.24) is 9.80 Å². The van der Waals surface area contributed by atoms with Crippen LogP contribution in [0.1, 0.15) is 57.8 Å². The summed E-state index contributed by atoms with van der Waals surface area (Å²) in [4.78, 5) is 29.4. The summed E-state index contributed by atoms with van der Waals surface area (Å²) >= 11 is 0. The van der Waals surface area contributed by atoms with E-state index in [1.165, 1.54) is 32.1 Å². The summed E-state index contributed by atoms with van der Waals surface area (Å²) in [6, 6.07) is 0.391. The molecule has 0 aromatic rings. The van der Waals surface area contributed by atoms with Gasteiger partial charge in [0.15, 0.2) is 0 Å². The van der Waals surface area contributed by atoms with Crippen LogP contribution in [0.3, 0.4) is 0 Å². The zero-order chi connectivity index (χ0) is 16.3. The fraction of sp³-hybridized carbons (Fsp3) is 0.900. The van der Waals surface area contributed by atoms with Gasteiger partial charge in [0.1, 0.15) is 0 Å². The molecule has 4 heteroatoms. The molecule has 0 unspecified atom stereocenters. The Balaban J connectivity index is 1.22. The fourth-order valence-corrected chi connectivity index (χ4v) is 6.99. The second kappa shape index (κ2) is 5.74. The summed E-state index contributed by atoms with van der Waals surface area (Å²) in [6.07, 6.45) is 10.5. The van der Waals surface area contributed by atoms with E-state index in [1.807, 2.05) is 0 Å². The van der Waals surface area contributed by atoms with Crippen molar-refractivity contribution in [1.29, 1.82) is 0 Å². The van der Waals surface area contributed by atoms with Crippen LogP contribution in [-0.2, 0) is 9.59 Å². The van der Waals surface area contributed by atoms with Gasteiger partial charge in [0.05, 0.1) is 0 Å². The molecule has 0 spiro atoms. The Labute approximate surface area is 144 Å². The Morgan fingerprint density at radius 2 is 1.50 bits per heavy atom. The van der Waals surface area contributed by atoms with Gasteiger partial charge in [0.2, 0.25) is 11.8 Å². The lowest BCUT2D eigenvalue weighted by Gasteiger charge is -2.54. The molecule has 6 fully saturated rings. The quantitative estimate of drug-likeness (QED) is 0.781. The molecule has 6 aliphatic rings. The third kappa shape index (κ3) is 2.40. The highest BCUT2D eigenvalue weighted by atomic mass is 16.2. The predicted molar refractivity (Wildman–Crippen MR) is 91.1 cm³/mol. The first kappa shape index (κ1) is 15.2. The van der Waals surface area contributed by atoms with E-state index in [0.717, 1.165) is 57.2 Å². The van der Waals surface area contributed by atoms with Crippen LogP contribution in [0.15, 0.2) is 0 Å². The number of carbonyl (C=O) groups excluding carboxylic acids is 2. The van der Waals surface area contributed by atoms with Gasteiger partial charge >= 0.3 is 0 Å². The third-order valence-corrected chi connectivity index (χ3v) is 7.84. The Hall–Kier alpha value is -1.06. The van der Waals surface area contributed by atoms with Crippen molar-refractivity contribution >= 4 is 11.8 Å². The van der Waals surface area contributed by atoms with Crippen LogP contribution < -0.4 is 0 Å². The van der Waals surface area contributed by atoms with E-state index < -0.39 is 0 Å².